The Kier molecular flexibility index (Phi) is 5.48. The van der Waals surface area contributed by atoms with Crippen LogP contribution in [0.3, 0.4) is 0 Å². The van der Waals surface area contributed by atoms with Crippen molar-refractivity contribution in [2.24, 2.45) is 0 Å². The minimum absolute atomic E-state index is 0.130. The highest BCUT2D eigenvalue weighted by Crippen LogP contribution is 2.17. The smallest absolute Gasteiger partial charge is 0.315 e. The van der Waals surface area contributed by atoms with Gasteiger partial charge >= 0.3 is 6.03 Å². The number of halogens is 2. The summed E-state index contributed by atoms with van der Waals surface area (Å²) in [6, 6.07) is 14.5. The zero-order chi connectivity index (χ0) is 15.2. The minimum atomic E-state index is -0.248. The summed E-state index contributed by atoms with van der Waals surface area (Å²) in [5, 5.41) is 6.94. The molecule has 0 saturated carbocycles. The van der Waals surface area contributed by atoms with E-state index in [9.17, 15) is 4.79 Å². The first kappa shape index (κ1) is 15.7. The van der Waals surface area contributed by atoms with Gasteiger partial charge in [0.2, 0.25) is 0 Å². The van der Waals surface area contributed by atoms with Crippen LogP contribution in [0.4, 0.5) is 4.79 Å². The lowest BCUT2D eigenvalue weighted by Gasteiger charge is -2.15. The second kappa shape index (κ2) is 7.34. The van der Waals surface area contributed by atoms with Crippen LogP contribution in [0.2, 0.25) is 10.0 Å². The molecule has 0 aliphatic rings. The third-order valence-electron chi connectivity index (χ3n) is 3.09. The van der Waals surface area contributed by atoms with E-state index in [-0.39, 0.29) is 12.1 Å². The highest BCUT2D eigenvalue weighted by atomic mass is 35.5. The summed E-state index contributed by atoms with van der Waals surface area (Å²) >= 11 is 12.0. The lowest BCUT2D eigenvalue weighted by Crippen LogP contribution is -2.36. The molecule has 21 heavy (non-hydrogen) atoms. The fourth-order valence-electron chi connectivity index (χ4n) is 1.92. The average Bonchev–Trinajstić information content (AvgIpc) is 2.46. The van der Waals surface area contributed by atoms with Gasteiger partial charge in [-0.15, -0.1) is 0 Å². The molecule has 2 amide bonds. The zero-order valence-electron chi connectivity index (χ0n) is 11.6. The van der Waals surface area contributed by atoms with Crippen LogP contribution >= 0.6 is 23.2 Å². The van der Waals surface area contributed by atoms with Crippen molar-refractivity contribution in [1.82, 2.24) is 10.6 Å². The topological polar surface area (TPSA) is 41.1 Å². The molecule has 0 radical (unpaired) electrons. The molecule has 2 rings (SSSR count). The summed E-state index contributed by atoms with van der Waals surface area (Å²) in [5.74, 6) is 0. The predicted octanol–water partition coefficient (Wildman–Crippen LogP) is 4.55. The second-order valence-electron chi connectivity index (χ2n) is 4.70. The number of hydrogen-bond acceptors (Lipinski definition) is 1. The Morgan fingerprint density at radius 2 is 1.90 bits per heavy atom. The Hall–Kier alpha value is -1.71. The molecule has 0 spiro atoms. The summed E-state index contributed by atoms with van der Waals surface area (Å²) in [6.07, 6.45) is 0. The van der Waals surface area contributed by atoms with Crippen LogP contribution in [0, 0.1) is 0 Å². The van der Waals surface area contributed by atoms with Crippen molar-refractivity contribution in [2.75, 3.05) is 0 Å². The van der Waals surface area contributed by atoms with E-state index in [2.05, 4.69) is 10.6 Å². The first-order chi connectivity index (χ1) is 10.1. The molecule has 0 heterocycles. The van der Waals surface area contributed by atoms with E-state index in [1.807, 2.05) is 43.3 Å². The molecule has 1 atom stereocenters. The number of hydrogen-bond donors (Lipinski definition) is 2. The molecule has 5 heteroatoms. The zero-order valence-corrected chi connectivity index (χ0v) is 13.1. The highest BCUT2D eigenvalue weighted by molar-refractivity contribution is 6.31. The molecule has 0 aliphatic carbocycles. The molecule has 0 bridgehead atoms. The molecular formula is C16H16Cl2N2O. The van der Waals surface area contributed by atoms with Crippen LogP contribution in [-0.4, -0.2) is 6.03 Å². The van der Waals surface area contributed by atoms with Crippen molar-refractivity contribution in [3.05, 3.63) is 69.7 Å². The molecule has 3 nitrogen and oxygen atoms in total. The van der Waals surface area contributed by atoms with Crippen LogP contribution in [0.1, 0.15) is 24.1 Å². The number of rotatable bonds is 4. The normalized spacial score (nSPS) is 11.8. The molecule has 0 fully saturated rings. The molecule has 2 aromatic carbocycles. The van der Waals surface area contributed by atoms with E-state index in [0.29, 0.717) is 16.6 Å². The van der Waals surface area contributed by atoms with Gasteiger partial charge in [0.1, 0.15) is 0 Å². The van der Waals surface area contributed by atoms with Crippen LogP contribution in [0.15, 0.2) is 48.5 Å². The van der Waals surface area contributed by atoms with E-state index in [0.717, 1.165) is 11.1 Å². The second-order valence-corrected chi connectivity index (χ2v) is 5.54. The maximum atomic E-state index is 11.9. The van der Waals surface area contributed by atoms with E-state index in [1.54, 1.807) is 12.1 Å². The van der Waals surface area contributed by atoms with E-state index in [4.69, 9.17) is 23.2 Å². The Morgan fingerprint density at radius 3 is 2.62 bits per heavy atom. The van der Waals surface area contributed by atoms with Crippen molar-refractivity contribution in [3.63, 3.8) is 0 Å². The summed E-state index contributed by atoms with van der Waals surface area (Å²) in [5.41, 5.74) is 1.83. The van der Waals surface area contributed by atoms with Crippen LogP contribution < -0.4 is 10.6 Å². The maximum absolute atomic E-state index is 11.9. The van der Waals surface area contributed by atoms with Gasteiger partial charge in [-0.1, -0.05) is 53.5 Å². The van der Waals surface area contributed by atoms with Crippen molar-refractivity contribution in [3.8, 4) is 0 Å². The monoisotopic (exact) mass is 322 g/mol. The molecule has 0 aromatic heterocycles. The lowest BCUT2D eigenvalue weighted by atomic mass is 10.1. The maximum Gasteiger partial charge on any atom is 0.315 e. The van der Waals surface area contributed by atoms with Gasteiger partial charge in [-0.05, 0) is 36.2 Å². The Bertz CT molecular complexity index is 631. The summed E-state index contributed by atoms with van der Waals surface area (Å²) in [6.45, 7) is 2.29. The molecule has 0 unspecified atom stereocenters. The van der Waals surface area contributed by atoms with Gasteiger partial charge in [0.05, 0.1) is 6.04 Å². The number of carbonyl (C=O) groups excluding carboxylic acids is 1. The van der Waals surface area contributed by atoms with Gasteiger partial charge in [0.25, 0.3) is 0 Å². The third kappa shape index (κ3) is 4.66. The summed E-state index contributed by atoms with van der Waals surface area (Å²) in [7, 11) is 0. The molecule has 2 N–H and O–H groups in total. The summed E-state index contributed by atoms with van der Waals surface area (Å²) in [4.78, 5) is 11.9. The number of benzene rings is 2. The first-order valence-electron chi connectivity index (χ1n) is 6.59. The standard InChI is InChI=1S/C16H16Cl2N2O/c1-11(12-6-4-7-14(17)9-12)20-16(21)19-10-13-5-2-3-8-15(13)18/h2-9,11H,10H2,1H3,(H2,19,20,21)/t11-/m0/s1. The molecule has 110 valence electrons. The van der Waals surface area contributed by atoms with Crippen LogP contribution in [-0.2, 0) is 6.54 Å². The fourth-order valence-corrected chi connectivity index (χ4v) is 2.33. The van der Waals surface area contributed by atoms with Gasteiger partial charge in [-0.25, -0.2) is 4.79 Å². The van der Waals surface area contributed by atoms with Crippen molar-refractivity contribution >= 4 is 29.2 Å². The van der Waals surface area contributed by atoms with Gasteiger partial charge in [-0.2, -0.15) is 0 Å². The number of nitrogens with one attached hydrogen (secondary N) is 2. The Morgan fingerprint density at radius 1 is 1.14 bits per heavy atom. The SMILES string of the molecule is C[C@H](NC(=O)NCc1ccccc1Cl)c1cccc(Cl)c1. The number of urea groups is 1. The number of carbonyl (C=O) groups is 1. The number of amides is 2. The Balaban J connectivity index is 1.89. The lowest BCUT2D eigenvalue weighted by molar-refractivity contribution is 0.237. The Labute approximate surface area is 134 Å². The van der Waals surface area contributed by atoms with Crippen molar-refractivity contribution in [1.29, 1.82) is 0 Å². The minimum Gasteiger partial charge on any atom is -0.334 e. The van der Waals surface area contributed by atoms with E-state index < -0.39 is 0 Å². The third-order valence-corrected chi connectivity index (χ3v) is 3.70. The fraction of sp³-hybridized carbons (Fsp3) is 0.188. The quantitative estimate of drug-likeness (QED) is 0.851. The summed E-state index contributed by atoms with van der Waals surface area (Å²) < 4.78 is 0. The van der Waals surface area contributed by atoms with E-state index in [1.165, 1.54) is 0 Å². The molecule has 0 saturated heterocycles. The van der Waals surface area contributed by atoms with Gasteiger partial charge in [-0.3, -0.25) is 0 Å². The van der Waals surface area contributed by atoms with Crippen molar-refractivity contribution < 1.29 is 4.79 Å². The highest BCUT2D eigenvalue weighted by Gasteiger charge is 2.10. The van der Waals surface area contributed by atoms with Crippen LogP contribution in [0.25, 0.3) is 0 Å². The molecular weight excluding hydrogens is 307 g/mol. The van der Waals surface area contributed by atoms with E-state index >= 15 is 0 Å². The average molecular weight is 323 g/mol. The van der Waals surface area contributed by atoms with Crippen molar-refractivity contribution in [2.45, 2.75) is 19.5 Å². The van der Waals surface area contributed by atoms with Gasteiger partial charge < -0.3 is 10.6 Å². The van der Waals surface area contributed by atoms with Gasteiger partial charge in [0.15, 0.2) is 0 Å². The largest absolute Gasteiger partial charge is 0.334 e. The predicted molar refractivity (Wildman–Crippen MR) is 86.7 cm³/mol. The van der Waals surface area contributed by atoms with Gasteiger partial charge in [0, 0.05) is 16.6 Å². The molecule has 0 aliphatic heterocycles. The van der Waals surface area contributed by atoms with Crippen LogP contribution in [0.5, 0.6) is 0 Å². The molecule has 2 aromatic rings. The first-order valence-corrected chi connectivity index (χ1v) is 7.35.